The number of aromatic nitrogens is 1. The van der Waals surface area contributed by atoms with E-state index in [1.807, 2.05) is 0 Å². The average molecular weight is 427 g/mol. The fraction of sp³-hybridized carbons (Fsp3) is 0.500. The van der Waals surface area contributed by atoms with E-state index in [1.165, 1.54) is 12.5 Å². The van der Waals surface area contributed by atoms with Crippen LogP contribution in [0.3, 0.4) is 0 Å². The second-order valence-corrected chi connectivity index (χ2v) is 6.51. The van der Waals surface area contributed by atoms with E-state index in [9.17, 15) is 19.2 Å². The Labute approximate surface area is 170 Å². The van der Waals surface area contributed by atoms with E-state index < -0.39 is 35.8 Å². The van der Waals surface area contributed by atoms with Gasteiger partial charge in [-0.25, -0.2) is 14.6 Å². The number of nitrogen functional groups attached to an aromatic ring is 1. The fourth-order valence-corrected chi connectivity index (χ4v) is 3.05. The third kappa shape index (κ3) is 4.99. The van der Waals surface area contributed by atoms with Crippen LogP contribution in [0.2, 0.25) is 0 Å². The standard InChI is InChI=1S/C16H21N5O7S/c1-4-27-14(24)11(15(25)28-5-2)21-6-8(13(21)23)18-12(22)10(20-26-3)9-7-29-16(17)19-9/h7-8,11H,4-6H2,1-3H3,(H2,17,19)(H,18,22). The first-order chi connectivity index (χ1) is 13.8. The highest BCUT2D eigenvalue weighted by atomic mass is 32.1. The van der Waals surface area contributed by atoms with Gasteiger partial charge in [0.25, 0.3) is 5.91 Å². The predicted molar refractivity (Wildman–Crippen MR) is 101 cm³/mol. The summed E-state index contributed by atoms with van der Waals surface area (Å²) in [7, 11) is 1.25. The zero-order valence-electron chi connectivity index (χ0n) is 16.0. The van der Waals surface area contributed by atoms with Crippen LogP contribution in [-0.4, -0.2) is 78.3 Å². The van der Waals surface area contributed by atoms with Gasteiger partial charge >= 0.3 is 11.9 Å². The molecule has 0 bridgehead atoms. The number of nitrogens with two attached hydrogens (primary N) is 1. The molecule has 1 saturated heterocycles. The quantitative estimate of drug-likeness (QED) is 0.164. The van der Waals surface area contributed by atoms with E-state index in [0.717, 1.165) is 16.2 Å². The number of hydrogen-bond donors (Lipinski definition) is 2. The smallest absolute Gasteiger partial charge is 0.340 e. The summed E-state index contributed by atoms with van der Waals surface area (Å²) in [5, 5.41) is 7.83. The Morgan fingerprint density at radius 3 is 2.41 bits per heavy atom. The second-order valence-electron chi connectivity index (χ2n) is 5.62. The lowest BCUT2D eigenvalue weighted by Gasteiger charge is -2.41. The highest BCUT2D eigenvalue weighted by molar-refractivity contribution is 7.13. The highest BCUT2D eigenvalue weighted by Crippen LogP contribution is 2.18. The molecule has 1 aliphatic rings. The van der Waals surface area contributed by atoms with Crippen molar-refractivity contribution in [3.05, 3.63) is 11.1 Å². The lowest BCUT2D eigenvalue weighted by molar-refractivity contribution is -0.173. The number of anilines is 1. The van der Waals surface area contributed by atoms with Gasteiger partial charge in [0.1, 0.15) is 18.8 Å². The van der Waals surface area contributed by atoms with E-state index in [0.29, 0.717) is 0 Å². The number of thiazole rings is 1. The number of nitrogens with one attached hydrogen (secondary N) is 1. The van der Waals surface area contributed by atoms with Crippen LogP contribution in [-0.2, 0) is 33.5 Å². The minimum atomic E-state index is -1.53. The van der Waals surface area contributed by atoms with Gasteiger partial charge in [-0.15, -0.1) is 11.3 Å². The van der Waals surface area contributed by atoms with Crippen LogP contribution < -0.4 is 11.1 Å². The van der Waals surface area contributed by atoms with Gasteiger partial charge in [-0.05, 0) is 13.8 Å². The monoisotopic (exact) mass is 427 g/mol. The number of β-lactam (4-membered cyclic amide) rings is 1. The SMILES string of the molecule is CCOC(=O)C(C(=O)OCC)N1CC(NC(=O)C(=NOC)c2csc(N)n2)C1=O. The van der Waals surface area contributed by atoms with Gasteiger partial charge in [0, 0.05) is 5.38 Å². The van der Waals surface area contributed by atoms with Gasteiger partial charge in [-0.1, -0.05) is 5.16 Å². The lowest BCUT2D eigenvalue weighted by atomic mass is 10.0. The molecule has 0 aliphatic carbocycles. The molecule has 0 saturated carbocycles. The summed E-state index contributed by atoms with van der Waals surface area (Å²) in [6, 6.07) is -2.49. The Balaban J connectivity index is 2.08. The molecule has 3 N–H and O–H groups in total. The normalized spacial score (nSPS) is 16.3. The van der Waals surface area contributed by atoms with Crippen molar-refractivity contribution in [1.82, 2.24) is 15.2 Å². The molecule has 1 aromatic heterocycles. The molecule has 0 radical (unpaired) electrons. The van der Waals surface area contributed by atoms with Crippen molar-refractivity contribution in [2.45, 2.75) is 25.9 Å². The van der Waals surface area contributed by atoms with E-state index >= 15 is 0 Å². The molecular weight excluding hydrogens is 406 g/mol. The predicted octanol–water partition coefficient (Wildman–Crippen LogP) is -1.10. The number of nitrogens with zero attached hydrogens (tertiary/aromatic N) is 3. The molecule has 1 aliphatic heterocycles. The molecule has 13 heteroatoms. The van der Waals surface area contributed by atoms with Crippen LogP contribution in [0, 0.1) is 0 Å². The number of oxime groups is 1. The van der Waals surface area contributed by atoms with Crippen LogP contribution in [0.25, 0.3) is 0 Å². The number of ether oxygens (including phenoxy) is 2. The maximum absolute atomic E-state index is 12.5. The van der Waals surface area contributed by atoms with Gasteiger partial charge in [0.2, 0.25) is 11.9 Å². The summed E-state index contributed by atoms with van der Waals surface area (Å²) in [6.07, 6.45) is 0. The largest absolute Gasteiger partial charge is 0.464 e. The van der Waals surface area contributed by atoms with Crippen LogP contribution in [0.1, 0.15) is 19.5 Å². The molecular formula is C16H21N5O7S. The summed E-state index contributed by atoms with van der Waals surface area (Å²) in [5.74, 6) is -3.16. The van der Waals surface area contributed by atoms with Crippen molar-refractivity contribution >= 4 is 45.9 Å². The zero-order valence-corrected chi connectivity index (χ0v) is 16.9. The van der Waals surface area contributed by atoms with Crippen molar-refractivity contribution in [3.8, 4) is 0 Å². The number of likely N-dealkylation sites (tertiary alicyclic amines) is 1. The summed E-state index contributed by atoms with van der Waals surface area (Å²) in [5.41, 5.74) is 5.58. The average Bonchev–Trinajstić information content (AvgIpc) is 3.10. The minimum Gasteiger partial charge on any atom is -0.464 e. The number of carbonyl (C=O) groups excluding carboxylic acids is 4. The summed E-state index contributed by atoms with van der Waals surface area (Å²) < 4.78 is 9.70. The van der Waals surface area contributed by atoms with Crippen LogP contribution in [0.4, 0.5) is 5.13 Å². The molecule has 0 spiro atoms. The molecule has 158 valence electrons. The first-order valence-electron chi connectivity index (χ1n) is 8.61. The summed E-state index contributed by atoms with van der Waals surface area (Å²) >= 11 is 1.11. The van der Waals surface area contributed by atoms with E-state index in [1.54, 1.807) is 13.8 Å². The summed E-state index contributed by atoms with van der Waals surface area (Å²) in [4.78, 5) is 58.7. The van der Waals surface area contributed by atoms with Gasteiger partial charge in [0.15, 0.2) is 10.8 Å². The molecule has 2 amide bonds. The topological polar surface area (TPSA) is 163 Å². The number of hydrogen-bond acceptors (Lipinski definition) is 11. The zero-order chi connectivity index (χ0) is 21.6. The maximum atomic E-state index is 12.5. The summed E-state index contributed by atoms with van der Waals surface area (Å²) in [6.45, 7) is 3.12. The number of rotatable bonds is 9. The molecule has 0 aromatic carbocycles. The number of carbonyl (C=O) groups is 4. The van der Waals surface area contributed by atoms with E-state index in [4.69, 9.17) is 15.2 Å². The van der Waals surface area contributed by atoms with Crippen LogP contribution in [0.15, 0.2) is 10.5 Å². The fourth-order valence-electron chi connectivity index (χ4n) is 2.50. The Bertz CT molecular complexity index is 806. The van der Waals surface area contributed by atoms with E-state index in [2.05, 4.69) is 20.3 Å². The number of esters is 2. The molecule has 1 fully saturated rings. The van der Waals surface area contributed by atoms with Gasteiger partial charge in [-0.2, -0.15) is 0 Å². The molecule has 1 aromatic rings. The Kier molecular flexibility index (Phi) is 7.47. The molecule has 1 unspecified atom stereocenters. The van der Waals surface area contributed by atoms with Crippen molar-refractivity contribution in [3.63, 3.8) is 0 Å². The van der Waals surface area contributed by atoms with E-state index in [-0.39, 0.29) is 36.3 Å². The molecule has 12 nitrogen and oxygen atoms in total. The Morgan fingerprint density at radius 1 is 1.34 bits per heavy atom. The first-order valence-corrected chi connectivity index (χ1v) is 9.49. The third-order valence-electron chi connectivity index (χ3n) is 3.76. The van der Waals surface area contributed by atoms with Crippen molar-refractivity contribution in [1.29, 1.82) is 0 Å². The van der Waals surface area contributed by atoms with Crippen molar-refractivity contribution in [2.75, 3.05) is 32.6 Å². The van der Waals surface area contributed by atoms with Gasteiger partial charge < -0.3 is 30.3 Å². The van der Waals surface area contributed by atoms with Crippen molar-refractivity contribution < 1.29 is 33.5 Å². The second kappa shape index (κ2) is 9.82. The van der Waals surface area contributed by atoms with Crippen molar-refractivity contribution in [2.24, 2.45) is 5.16 Å². The van der Waals surface area contributed by atoms with Crippen LogP contribution in [0.5, 0.6) is 0 Å². The molecule has 1 atom stereocenters. The van der Waals surface area contributed by atoms with Gasteiger partial charge in [0.05, 0.1) is 19.8 Å². The minimum absolute atomic E-state index is 0.0323. The molecule has 29 heavy (non-hydrogen) atoms. The Morgan fingerprint density at radius 2 is 1.97 bits per heavy atom. The highest BCUT2D eigenvalue weighted by Gasteiger charge is 2.49. The maximum Gasteiger partial charge on any atom is 0.340 e. The molecule has 2 heterocycles. The number of amides is 2. The first kappa shape index (κ1) is 22.1. The molecule has 2 rings (SSSR count). The Hall–Kier alpha value is -3.22. The lowest BCUT2D eigenvalue weighted by Crippen LogP contribution is -2.70. The third-order valence-corrected chi connectivity index (χ3v) is 4.43. The van der Waals surface area contributed by atoms with Crippen LogP contribution >= 0.6 is 11.3 Å². The van der Waals surface area contributed by atoms with Gasteiger partial charge in [-0.3, -0.25) is 9.59 Å².